The number of rotatable bonds is 5. The zero-order chi connectivity index (χ0) is 14.5. The van der Waals surface area contributed by atoms with Gasteiger partial charge in [0.25, 0.3) is 0 Å². The molecule has 1 aromatic rings. The third-order valence-electron chi connectivity index (χ3n) is 4.55. The van der Waals surface area contributed by atoms with Gasteiger partial charge in [0.05, 0.1) is 18.8 Å². The summed E-state index contributed by atoms with van der Waals surface area (Å²) in [5.41, 5.74) is 2.69. The van der Waals surface area contributed by atoms with E-state index in [1.54, 1.807) is 0 Å². The molecule has 3 unspecified atom stereocenters. The van der Waals surface area contributed by atoms with Crippen molar-refractivity contribution in [2.45, 2.75) is 52.2 Å². The molecule has 1 aliphatic rings. The Bertz CT molecular complexity index is 408. The molecule has 20 heavy (non-hydrogen) atoms. The van der Waals surface area contributed by atoms with E-state index in [1.807, 2.05) is 7.05 Å². The maximum atomic E-state index is 6.22. The Balaban J connectivity index is 1.93. The van der Waals surface area contributed by atoms with E-state index in [1.165, 1.54) is 30.4 Å². The smallest absolute Gasteiger partial charge is 0.0665 e. The van der Waals surface area contributed by atoms with Gasteiger partial charge in [-0.2, -0.15) is 0 Å². The first-order valence-corrected chi connectivity index (χ1v) is 7.94. The molecule has 0 bridgehead atoms. The normalized spacial score (nSPS) is 28.3. The number of nitrogens with one attached hydrogen (secondary N) is 1. The van der Waals surface area contributed by atoms with Gasteiger partial charge < -0.3 is 10.1 Å². The fourth-order valence-electron chi connectivity index (χ4n) is 3.55. The summed E-state index contributed by atoms with van der Waals surface area (Å²) in [6.07, 6.45) is 4.23. The summed E-state index contributed by atoms with van der Waals surface area (Å²) in [4.78, 5) is 0. The lowest BCUT2D eigenvalue weighted by molar-refractivity contribution is -0.00853. The fourth-order valence-corrected chi connectivity index (χ4v) is 3.55. The fraction of sp³-hybridized carbons (Fsp3) is 0.667. The molecule has 0 saturated heterocycles. The SMILES string of the molecule is CNC(COC1CC(C)CC(C)C1)c1ccccc1C. The molecule has 112 valence electrons. The van der Waals surface area contributed by atoms with E-state index in [2.05, 4.69) is 50.4 Å². The van der Waals surface area contributed by atoms with Crippen molar-refractivity contribution in [1.82, 2.24) is 5.32 Å². The van der Waals surface area contributed by atoms with Crippen LogP contribution in [0.3, 0.4) is 0 Å². The Morgan fingerprint density at radius 1 is 1.15 bits per heavy atom. The van der Waals surface area contributed by atoms with Crippen molar-refractivity contribution in [3.05, 3.63) is 35.4 Å². The van der Waals surface area contributed by atoms with E-state index in [0.717, 1.165) is 18.4 Å². The van der Waals surface area contributed by atoms with Crippen LogP contribution in [0.4, 0.5) is 0 Å². The van der Waals surface area contributed by atoms with Gasteiger partial charge in [-0.3, -0.25) is 0 Å². The minimum absolute atomic E-state index is 0.295. The third-order valence-corrected chi connectivity index (χ3v) is 4.55. The van der Waals surface area contributed by atoms with Crippen LogP contribution in [0.5, 0.6) is 0 Å². The van der Waals surface area contributed by atoms with Crippen molar-refractivity contribution in [2.75, 3.05) is 13.7 Å². The molecule has 2 nitrogen and oxygen atoms in total. The maximum absolute atomic E-state index is 6.22. The van der Waals surface area contributed by atoms with E-state index < -0.39 is 0 Å². The topological polar surface area (TPSA) is 21.3 Å². The first-order chi connectivity index (χ1) is 9.60. The highest BCUT2D eigenvalue weighted by Crippen LogP contribution is 2.31. The lowest BCUT2D eigenvalue weighted by atomic mass is 9.82. The minimum Gasteiger partial charge on any atom is -0.376 e. The van der Waals surface area contributed by atoms with Crippen LogP contribution >= 0.6 is 0 Å². The van der Waals surface area contributed by atoms with Crippen molar-refractivity contribution >= 4 is 0 Å². The number of hydrogen-bond donors (Lipinski definition) is 1. The molecule has 1 aliphatic carbocycles. The summed E-state index contributed by atoms with van der Waals surface area (Å²) >= 11 is 0. The van der Waals surface area contributed by atoms with Crippen LogP contribution in [0.25, 0.3) is 0 Å². The molecule has 0 aromatic heterocycles. The molecule has 0 spiro atoms. The molecular formula is C18H29NO. The Hall–Kier alpha value is -0.860. The van der Waals surface area contributed by atoms with Crippen molar-refractivity contribution in [3.8, 4) is 0 Å². The molecular weight excluding hydrogens is 246 g/mol. The summed E-state index contributed by atoms with van der Waals surface area (Å²) in [5.74, 6) is 1.60. The van der Waals surface area contributed by atoms with Gasteiger partial charge in [0.15, 0.2) is 0 Å². The van der Waals surface area contributed by atoms with Gasteiger partial charge in [-0.05, 0) is 56.2 Å². The zero-order valence-electron chi connectivity index (χ0n) is 13.4. The minimum atomic E-state index is 0.295. The Morgan fingerprint density at radius 2 is 1.80 bits per heavy atom. The van der Waals surface area contributed by atoms with Crippen LogP contribution in [0.15, 0.2) is 24.3 Å². The number of likely N-dealkylation sites (N-methyl/N-ethyl adjacent to an activating group) is 1. The summed E-state index contributed by atoms with van der Waals surface area (Å²) in [6, 6.07) is 8.87. The predicted molar refractivity (Wildman–Crippen MR) is 84.9 cm³/mol. The van der Waals surface area contributed by atoms with Crippen molar-refractivity contribution in [3.63, 3.8) is 0 Å². The number of benzene rings is 1. The Morgan fingerprint density at radius 3 is 2.40 bits per heavy atom. The molecule has 0 heterocycles. The second-order valence-corrected chi connectivity index (χ2v) is 6.57. The lowest BCUT2D eigenvalue weighted by Crippen LogP contribution is -2.30. The summed E-state index contributed by atoms with van der Waals surface area (Å²) in [6.45, 7) is 7.64. The second-order valence-electron chi connectivity index (χ2n) is 6.57. The monoisotopic (exact) mass is 275 g/mol. The molecule has 2 rings (SSSR count). The summed E-state index contributed by atoms with van der Waals surface area (Å²) in [5, 5.41) is 3.40. The highest BCUT2D eigenvalue weighted by Gasteiger charge is 2.25. The van der Waals surface area contributed by atoms with Gasteiger partial charge in [-0.25, -0.2) is 0 Å². The molecule has 2 heteroatoms. The summed E-state index contributed by atoms with van der Waals surface area (Å²) in [7, 11) is 2.02. The molecule has 0 amide bonds. The molecule has 0 radical (unpaired) electrons. The van der Waals surface area contributed by atoms with E-state index >= 15 is 0 Å². The predicted octanol–water partition coefficient (Wildman–Crippen LogP) is 4.10. The maximum Gasteiger partial charge on any atom is 0.0665 e. The Kier molecular flexibility index (Phi) is 5.62. The number of hydrogen-bond acceptors (Lipinski definition) is 2. The second kappa shape index (κ2) is 7.24. The molecule has 1 saturated carbocycles. The van der Waals surface area contributed by atoms with Crippen LogP contribution in [0.1, 0.15) is 50.3 Å². The number of ether oxygens (including phenoxy) is 1. The van der Waals surface area contributed by atoms with E-state index in [-0.39, 0.29) is 0 Å². The van der Waals surface area contributed by atoms with Gasteiger partial charge in [-0.1, -0.05) is 38.1 Å². The zero-order valence-corrected chi connectivity index (χ0v) is 13.4. The van der Waals surface area contributed by atoms with E-state index in [0.29, 0.717) is 12.1 Å². The first kappa shape index (κ1) is 15.5. The van der Waals surface area contributed by atoms with Gasteiger partial charge >= 0.3 is 0 Å². The lowest BCUT2D eigenvalue weighted by Gasteiger charge is -2.32. The van der Waals surface area contributed by atoms with Gasteiger partial charge in [0, 0.05) is 0 Å². The standard InChI is InChI=1S/C18H29NO/c1-13-9-14(2)11-16(10-13)20-12-18(19-4)17-8-6-5-7-15(17)3/h5-8,13-14,16,18-19H,9-12H2,1-4H3. The van der Waals surface area contributed by atoms with Crippen LogP contribution < -0.4 is 5.32 Å². The molecule has 1 N–H and O–H groups in total. The van der Waals surface area contributed by atoms with E-state index in [4.69, 9.17) is 4.74 Å². The van der Waals surface area contributed by atoms with Gasteiger partial charge in [0.2, 0.25) is 0 Å². The Labute approximate surface area is 123 Å². The highest BCUT2D eigenvalue weighted by molar-refractivity contribution is 5.28. The van der Waals surface area contributed by atoms with Crippen molar-refractivity contribution < 1.29 is 4.74 Å². The van der Waals surface area contributed by atoms with Crippen LogP contribution in [-0.4, -0.2) is 19.8 Å². The summed E-state index contributed by atoms with van der Waals surface area (Å²) < 4.78 is 6.22. The highest BCUT2D eigenvalue weighted by atomic mass is 16.5. The van der Waals surface area contributed by atoms with E-state index in [9.17, 15) is 0 Å². The molecule has 1 fully saturated rings. The average molecular weight is 275 g/mol. The molecule has 1 aromatic carbocycles. The van der Waals surface area contributed by atoms with Crippen LogP contribution in [-0.2, 0) is 4.74 Å². The van der Waals surface area contributed by atoms with Crippen molar-refractivity contribution in [2.24, 2.45) is 11.8 Å². The average Bonchev–Trinajstić information content (AvgIpc) is 2.40. The van der Waals surface area contributed by atoms with Crippen LogP contribution in [0, 0.1) is 18.8 Å². The molecule has 3 atom stereocenters. The van der Waals surface area contributed by atoms with Crippen LogP contribution in [0.2, 0.25) is 0 Å². The number of aryl methyl sites for hydroxylation is 1. The van der Waals surface area contributed by atoms with Crippen molar-refractivity contribution in [1.29, 1.82) is 0 Å². The van der Waals surface area contributed by atoms with Gasteiger partial charge in [0.1, 0.15) is 0 Å². The quantitative estimate of drug-likeness (QED) is 0.873. The molecule has 0 aliphatic heterocycles. The first-order valence-electron chi connectivity index (χ1n) is 7.94. The largest absolute Gasteiger partial charge is 0.376 e. The van der Waals surface area contributed by atoms with Gasteiger partial charge in [-0.15, -0.1) is 0 Å². The third kappa shape index (κ3) is 4.07.